The molecule has 0 aromatic heterocycles. The van der Waals surface area contributed by atoms with Crippen molar-refractivity contribution in [2.24, 2.45) is 0 Å². The number of rotatable bonds is 3. The molecule has 0 aliphatic rings. The Hall–Kier alpha value is -1.93. The van der Waals surface area contributed by atoms with Crippen LogP contribution in [0.25, 0.3) is 10.8 Å². The van der Waals surface area contributed by atoms with Crippen molar-refractivity contribution in [3.05, 3.63) is 66.2 Å². The topological polar surface area (TPSA) is 9.23 Å². The number of hydrogen-bond acceptors (Lipinski definition) is 2. The summed E-state index contributed by atoms with van der Waals surface area (Å²) in [5.74, 6) is 0.925. The van der Waals surface area contributed by atoms with Gasteiger partial charge in [-0.25, -0.2) is 0 Å². The molecular weight excluding hydrogens is 264 g/mol. The van der Waals surface area contributed by atoms with Gasteiger partial charge in [0.05, 0.1) is 12.0 Å². The molecule has 2 heteroatoms. The Labute approximate surface area is 123 Å². The highest BCUT2D eigenvalue weighted by Crippen LogP contribution is 2.40. The number of hydrogen-bond donors (Lipinski definition) is 0. The van der Waals surface area contributed by atoms with E-state index in [0.29, 0.717) is 0 Å². The van der Waals surface area contributed by atoms with Crippen LogP contribution in [0.3, 0.4) is 0 Å². The summed E-state index contributed by atoms with van der Waals surface area (Å²) in [6.07, 6.45) is 0. The highest BCUT2D eigenvalue weighted by molar-refractivity contribution is 7.99. The molecule has 3 rings (SSSR count). The van der Waals surface area contributed by atoms with Gasteiger partial charge in [0.1, 0.15) is 5.75 Å². The molecule has 3 aromatic carbocycles. The van der Waals surface area contributed by atoms with Crippen LogP contribution in [-0.4, -0.2) is 7.11 Å². The molecule has 20 heavy (non-hydrogen) atoms. The first-order chi connectivity index (χ1) is 9.78. The van der Waals surface area contributed by atoms with E-state index in [1.54, 1.807) is 18.9 Å². The lowest BCUT2D eigenvalue weighted by molar-refractivity contribution is 0.406. The quantitative estimate of drug-likeness (QED) is 0.643. The summed E-state index contributed by atoms with van der Waals surface area (Å²) < 4.78 is 5.53. The van der Waals surface area contributed by atoms with Crippen molar-refractivity contribution in [2.75, 3.05) is 7.11 Å². The fourth-order valence-electron chi connectivity index (χ4n) is 2.21. The molecule has 0 heterocycles. The van der Waals surface area contributed by atoms with Gasteiger partial charge in [-0.3, -0.25) is 0 Å². The SMILES string of the molecule is COc1ccc2ccccc2c1Sc1ccc(C)cc1. The van der Waals surface area contributed by atoms with Crippen LogP contribution in [0, 0.1) is 6.92 Å². The number of benzene rings is 3. The predicted octanol–water partition coefficient (Wildman–Crippen LogP) is 5.31. The summed E-state index contributed by atoms with van der Waals surface area (Å²) in [4.78, 5) is 2.40. The number of aryl methyl sites for hydroxylation is 1. The lowest BCUT2D eigenvalue weighted by Crippen LogP contribution is -1.88. The van der Waals surface area contributed by atoms with E-state index in [1.165, 1.54) is 26.1 Å². The third kappa shape index (κ3) is 2.52. The van der Waals surface area contributed by atoms with Crippen molar-refractivity contribution in [3.63, 3.8) is 0 Å². The third-order valence-electron chi connectivity index (χ3n) is 3.30. The Morgan fingerprint density at radius 3 is 2.35 bits per heavy atom. The lowest BCUT2D eigenvalue weighted by atomic mass is 10.1. The average Bonchev–Trinajstić information content (AvgIpc) is 2.50. The summed E-state index contributed by atoms with van der Waals surface area (Å²) in [6, 6.07) is 21.1. The van der Waals surface area contributed by atoms with E-state index >= 15 is 0 Å². The largest absolute Gasteiger partial charge is 0.496 e. The normalized spacial score (nSPS) is 10.7. The minimum atomic E-state index is 0.925. The van der Waals surface area contributed by atoms with Gasteiger partial charge in [-0.1, -0.05) is 59.8 Å². The molecule has 0 radical (unpaired) electrons. The second-order valence-corrected chi connectivity index (χ2v) is 5.82. The van der Waals surface area contributed by atoms with Gasteiger partial charge in [-0.05, 0) is 35.9 Å². The van der Waals surface area contributed by atoms with Gasteiger partial charge < -0.3 is 4.74 Å². The third-order valence-corrected chi connectivity index (χ3v) is 4.44. The Kier molecular flexibility index (Phi) is 3.66. The van der Waals surface area contributed by atoms with Crippen molar-refractivity contribution in [1.29, 1.82) is 0 Å². The molecule has 0 saturated heterocycles. The van der Waals surface area contributed by atoms with E-state index in [0.717, 1.165) is 5.75 Å². The molecule has 0 N–H and O–H groups in total. The first kappa shape index (κ1) is 13.1. The minimum absolute atomic E-state index is 0.925. The van der Waals surface area contributed by atoms with Crippen molar-refractivity contribution >= 4 is 22.5 Å². The van der Waals surface area contributed by atoms with Crippen LogP contribution >= 0.6 is 11.8 Å². The minimum Gasteiger partial charge on any atom is -0.496 e. The van der Waals surface area contributed by atoms with Crippen LogP contribution in [0.5, 0.6) is 5.75 Å². The molecule has 0 aliphatic heterocycles. The Morgan fingerprint density at radius 1 is 0.850 bits per heavy atom. The fourth-order valence-corrected chi connectivity index (χ4v) is 3.27. The van der Waals surface area contributed by atoms with Gasteiger partial charge in [0.2, 0.25) is 0 Å². The van der Waals surface area contributed by atoms with E-state index in [9.17, 15) is 0 Å². The zero-order chi connectivity index (χ0) is 13.9. The molecule has 0 atom stereocenters. The maximum absolute atomic E-state index is 5.53. The zero-order valence-corrected chi connectivity index (χ0v) is 12.4. The second-order valence-electron chi connectivity index (χ2n) is 4.73. The van der Waals surface area contributed by atoms with Gasteiger partial charge >= 0.3 is 0 Å². The summed E-state index contributed by atoms with van der Waals surface area (Å²) in [6.45, 7) is 2.10. The number of fused-ring (bicyclic) bond motifs is 1. The highest BCUT2D eigenvalue weighted by atomic mass is 32.2. The molecular formula is C18H16OS. The van der Waals surface area contributed by atoms with Gasteiger partial charge in [0.25, 0.3) is 0 Å². The Morgan fingerprint density at radius 2 is 1.60 bits per heavy atom. The zero-order valence-electron chi connectivity index (χ0n) is 11.6. The van der Waals surface area contributed by atoms with Crippen LogP contribution in [0.15, 0.2) is 70.5 Å². The van der Waals surface area contributed by atoms with E-state index < -0.39 is 0 Å². The fraction of sp³-hybridized carbons (Fsp3) is 0.111. The molecule has 0 bridgehead atoms. The maximum Gasteiger partial charge on any atom is 0.133 e. The first-order valence-electron chi connectivity index (χ1n) is 6.58. The van der Waals surface area contributed by atoms with Crippen LogP contribution in [0.2, 0.25) is 0 Å². The number of methoxy groups -OCH3 is 1. The monoisotopic (exact) mass is 280 g/mol. The van der Waals surface area contributed by atoms with Gasteiger partial charge in [0.15, 0.2) is 0 Å². The van der Waals surface area contributed by atoms with E-state index in [1.807, 2.05) is 6.07 Å². The van der Waals surface area contributed by atoms with E-state index in [2.05, 4.69) is 61.5 Å². The molecule has 1 nitrogen and oxygen atoms in total. The summed E-state index contributed by atoms with van der Waals surface area (Å²) >= 11 is 1.75. The molecule has 3 aromatic rings. The molecule has 0 aliphatic carbocycles. The van der Waals surface area contributed by atoms with E-state index in [4.69, 9.17) is 4.74 Å². The Balaban J connectivity index is 2.11. The smallest absolute Gasteiger partial charge is 0.133 e. The van der Waals surface area contributed by atoms with Crippen LogP contribution in [-0.2, 0) is 0 Å². The summed E-state index contributed by atoms with van der Waals surface area (Å²) in [7, 11) is 1.73. The van der Waals surface area contributed by atoms with Crippen LogP contribution in [0.1, 0.15) is 5.56 Å². The van der Waals surface area contributed by atoms with Gasteiger partial charge in [-0.15, -0.1) is 0 Å². The second kappa shape index (κ2) is 5.59. The molecule has 0 unspecified atom stereocenters. The van der Waals surface area contributed by atoms with Crippen LogP contribution < -0.4 is 4.74 Å². The Bertz CT molecular complexity index is 732. The molecule has 0 amide bonds. The van der Waals surface area contributed by atoms with Crippen molar-refractivity contribution in [1.82, 2.24) is 0 Å². The first-order valence-corrected chi connectivity index (χ1v) is 7.40. The van der Waals surface area contributed by atoms with Crippen molar-refractivity contribution in [2.45, 2.75) is 16.7 Å². The molecule has 0 fully saturated rings. The van der Waals surface area contributed by atoms with Crippen LogP contribution in [0.4, 0.5) is 0 Å². The standard InChI is InChI=1S/C18H16OS/c1-13-7-10-15(11-8-13)20-18-16-6-4-3-5-14(16)9-12-17(18)19-2/h3-12H,1-2H3. The van der Waals surface area contributed by atoms with E-state index in [-0.39, 0.29) is 0 Å². The maximum atomic E-state index is 5.53. The molecule has 100 valence electrons. The summed E-state index contributed by atoms with van der Waals surface area (Å²) in [5.41, 5.74) is 1.28. The van der Waals surface area contributed by atoms with Crippen molar-refractivity contribution < 1.29 is 4.74 Å². The van der Waals surface area contributed by atoms with Gasteiger partial charge in [0, 0.05) is 4.90 Å². The number of ether oxygens (including phenoxy) is 1. The predicted molar refractivity (Wildman–Crippen MR) is 85.8 cm³/mol. The molecule has 0 spiro atoms. The van der Waals surface area contributed by atoms with Gasteiger partial charge in [-0.2, -0.15) is 0 Å². The average molecular weight is 280 g/mol. The lowest BCUT2D eigenvalue weighted by Gasteiger charge is -2.11. The molecule has 0 saturated carbocycles. The van der Waals surface area contributed by atoms with Crippen molar-refractivity contribution in [3.8, 4) is 5.75 Å². The highest BCUT2D eigenvalue weighted by Gasteiger charge is 2.09. The summed E-state index contributed by atoms with van der Waals surface area (Å²) in [5, 5.41) is 2.47.